The number of likely N-dealkylation sites (tertiary alicyclic amines) is 1. The van der Waals surface area contributed by atoms with E-state index in [2.05, 4.69) is 41.2 Å². The SMILES string of the molecule is CCCC1(C)CCCN(C(=NCCc2nnc3ccccn23)NCC)C1. The lowest BCUT2D eigenvalue weighted by atomic mass is 9.78. The minimum atomic E-state index is 0.409. The van der Waals surface area contributed by atoms with Crippen LogP contribution in [0.4, 0.5) is 0 Å². The zero-order valence-corrected chi connectivity index (χ0v) is 16.4. The molecule has 1 saturated heterocycles. The summed E-state index contributed by atoms with van der Waals surface area (Å²) in [5.41, 5.74) is 1.30. The number of aliphatic imine (C=N–C) groups is 1. The number of guanidine groups is 1. The van der Waals surface area contributed by atoms with Gasteiger partial charge in [-0.25, -0.2) is 0 Å². The van der Waals surface area contributed by atoms with E-state index in [4.69, 9.17) is 4.99 Å². The van der Waals surface area contributed by atoms with E-state index < -0.39 is 0 Å². The van der Waals surface area contributed by atoms with Crippen LogP contribution in [0.3, 0.4) is 0 Å². The number of piperidine rings is 1. The van der Waals surface area contributed by atoms with Crippen LogP contribution < -0.4 is 5.32 Å². The van der Waals surface area contributed by atoms with E-state index >= 15 is 0 Å². The van der Waals surface area contributed by atoms with Crippen molar-refractivity contribution in [2.45, 2.75) is 52.9 Å². The number of aromatic nitrogens is 3. The zero-order chi connectivity index (χ0) is 18.4. The summed E-state index contributed by atoms with van der Waals surface area (Å²) >= 11 is 0. The van der Waals surface area contributed by atoms with E-state index in [-0.39, 0.29) is 0 Å². The van der Waals surface area contributed by atoms with Crippen LogP contribution in [0.25, 0.3) is 5.65 Å². The van der Waals surface area contributed by atoms with Crippen molar-refractivity contribution in [3.63, 3.8) is 0 Å². The molecule has 2 aromatic heterocycles. The molecule has 0 aliphatic carbocycles. The van der Waals surface area contributed by atoms with Crippen molar-refractivity contribution in [2.75, 3.05) is 26.2 Å². The number of rotatable bonds is 6. The molecule has 1 unspecified atom stereocenters. The summed E-state index contributed by atoms with van der Waals surface area (Å²) in [5, 5.41) is 12.0. The van der Waals surface area contributed by atoms with Crippen molar-refractivity contribution >= 4 is 11.6 Å². The maximum absolute atomic E-state index is 4.89. The van der Waals surface area contributed by atoms with Gasteiger partial charge in [-0.3, -0.25) is 9.39 Å². The predicted octanol–water partition coefficient (Wildman–Crippen LogP) is 3.14. The lowest BCUT2D eigenvalue weighted by Crippen LogP contribution is -2.49. The molecule has 0 radical (unpaired) electrons. The van der Waals surface area contributed by atoms with Gasteiger partial charge in [-0.2, -0.15) is 0 Å². The molecule has 1 aliphatic heterocycles. The molecule has 6 nitrogen and oxygen atoms in total. The maximum Gasteiger partial charge on any atom is 0.193 e. The Bertz CT molecular complexity index is 733. The Kier molecular flexibility index (Phi) is 6.12. The van der Waals surface area contributed by atoms with Gasteiger partial charge in [-0.15, -0.1) is 10.2 Å². The van der Waals surface area contributed by atoms with E-state index in [1.54, 1.807) is 0 Å². The van der Waals surface area contributed by atoms with Gasteiger partial charge in [-0.05, 0) is 43.7 Å². The van der Waals surface area contributed by atoms with Crippen LogP contribution in [0.5, 0.6) is 0 Å². The highest BCUT2D eigenvalue weighted by atomic mass is 15.3. The Balaban J connectivity index is 1.67. The Morgan fingerprint density at radius 2 is 2.19 bits per heavy atom. The van der Waals surface area contributed by atoms with Gasteiger partial charge in [0, 0.05) is 38.8 Å². The summed E-state index contributed by atoms with van der Waals surface area (Å²) in [7, 11) is 0. The average Bonchev–Trinajstić information content (AvgIpc) is 3.04. The minimum Gasteiger partial charge on any atom is -0.357 e. The number of fused-ring (bicyclic) bond motifs is 1. The van der Waals surface area contributed by atoms with Gasteiger partial charge in [0.1, 0.15) is 5.82 Å². The maximum atomic E-state index is 4.89. The first-order chi connectivity index (χ1) is 12.6. The Morgan fingerprint density at radius 3 is 3.00 bits per heavy atom. The van der Waals surface area contributed by atoms with Crippen LogP contribution in [0.15, 0.2) is 29.4 Å². The van der Waals surface area contributed by atoms with Crippen molar-refractivity contribution in [3.8, 4) is 0 Å². The molecule has 1 fully saturated rings. The first-order valence-corrected chi connectivity index (χ1v) is 9.97. The van der Waals surface area contributed by atoms with E-state index in [0.717, 1.165) is 50.0 Å². The number of nitrogens with zero attached hydrogens (tertiary/aromatic N) is 5. The van der Waals surface area contributed by atoms with Gasteiger partial charge < -0.3 is 10.2 Å². The molecule has 1 N–H and O–H groups in total. The molecular formula is C20H32N6. The third kappa shape index (κ3) is 4.34. The lowest BCUT2D eigenvalue weighted by Gasteiger charge is -2.42. The summed E-state index contributed by atoms with van der Waals surface area (Å²) in [4.78, 5) is 7.34. The Labute approximate surface area is 156 Å². The monoisotopic (exact) mass is 356 g/mol. The molecule has 0 saturated carbocycles. The molecule has 2 aromatic rings. The standard InChI is InChI=1S/C20H32N6/c1-4-11-20(3)12-8-14-25(16-20)19(21-5-2)22-13-10-18-24-23-17-9-6-7-15-26(17)18/h6-7,9,15H,4-5,8,10-14,16H2,1-3H3,(H,21,22). The van der Waals surface area contributed by atoms with E-state index in [1.165, 1.54) is 25.7 Å². The highest BCUT2D eigenvalue weighted by Crippen LogP contribution is 2.33. The molecule has 0 spiro atoms. The predicted molar refractivity (Wildman–Crippen MR) is 106 cm³/mol. The quantitative estimate of drug-likeness (QED) is 0.638. The van der Waals surface area contributed by atoms with Gasteiger partial charge in [0.2, 0.25) is 0 Å². The molecular weight excluding hydrogens is 324 g/mol. The fraction of sp³-hybridized carbons (Fsp3) is 0.650. The second-order valence-corrected chi connectivity index (χ2v) is 7.62. The average molecular weight is 357 g/mol. The number of nitrogens with one attached hydrogen (secondary N) is 1. The highest BCUT2D eigenvalue weighted by Gasteiger charge is 2.31. The highest BCUT2D eigenvalue weighted by molar-refractivity contribution is 5.80. The third-order valence-electron chi connectivity index (χ3n) is 5.25. The fourth-order valence-corrected chi connectivity index (χ4v) is 4.05. The van der Waals surface area contributed by atoms with Crippen molar-refractivity contribution in [3.05, 3.63) is 30.2 Å². The normalized spacial score (nSPS) is 21.3. The first-order valence-electron chi connectivity index (χ1n) is 9.97. The van der Waals surface area contributed by atoms with E-state index in [9.17, 15) is 0 Å². The molecule has 0 amide bonds. The van der Waals surface area contributed by atoms with Crippen LogP contribution in [0.2, 0.25) is 0 Å². The van der Waals surface area contributed by atoms with Crippen molar-refractivity contribution in [1.29, 1.82) is 0 Å². The minimum absolute atomic E-state index is 0.409. The van der Waals surface area contributed by atoms with Crippen LogP contribution in [0, 0.1) is 5.41 Å². The van der Waals surface area contributed by atoms with Crippen LogP contribution >= 0.6 is 0 Å². The molecule has 0 aromatic carbocycles. The van der Waals surface area contributed by atoms with Crippen molar-refractivity contribution in [2.24, 2.45) is 10.4 Å². The molecule has 1 atom stereocenters. The van der Waals surface area contributed by atoms with Gasteiger partial charge in [0.05, 0.1) is 0 Å². The van der Waals surface area contributed by atoms with Gasteiger partial charge >= 0.3 is 0 Å². The smallest absolute Gasteiger partial charge is 0.193 e. The zero-order valence-electron chi connectivity index (χ0n) is 16.4. The van der Waals surface area contributed by atoms with Crippen LogP contribution in [-0.4, -0.2) is 51.6 Å². The molecule has 142 valence electrons. The molecule has 6 heteroatoms. The fourth-order valence-electron chi connectivity index (χ4n) is 4.05. The van der Waals surface area contributed by atoms with Crippen LogP contribution in [0.1, 0.15) is 52.3 Å². The van der Waals surface area contributed by atoms with Crippen LogP contribution in [-0.2, 0) is 6.42 Å². The molecule has 0 bridgehead atoms. The number of hydrogen-bond acceptors (Lipinski definition) is 3. The van der Waals surface area contributed by atoms with Crippen molar-refractivity contribution < 1.29 is 0 Å². The number of pyridine rings is 1. The molecule has 26 heavy (non-hydrogen) atoms. The summed E-state index contributed by atoms with van der Waals surface area (Å²) in [5.74, 6) is 2.01. The largest absolute Gasteiger partial charge is 0.357 e. The van der Waals surface area contributed by atoms with Gasteiger partial charge in [-0.1, -0.05) is 26.3 Å². The topological polar surface area (TPSA) is 57.8 Å². The van der Waals surface area contributed by atoms with Gasteiger partial charge in [0.15, 0.2) is 11.6 Å². The van der Waals surface area contributed by atoms with E-state index in [0.29, 0.717) is 5.41 Å². The van der Waals surface area contributed by atoms with E-state index in [1.807, 2.05) is 28.8 Å². The summed E-state index contributed by atoms with van der Waals surface area (Å²) < 4.78 is 2.04. The molecule has 1 aliphatic rings. The lowest BCUT2D eigenvalue weighted by molar-refractivity contribution is 0.142. The second kappa shape index (κ2) is 8.52. The molecule has 3 rings (SSSR count). The summed E-state index contributed by atoms with van der Waals surface area (Å²) in [6.07, 6.45) is 7.91. The summed E-state index contributed by atoms with van der Waals surface area (Å²) in [6, 6.07) is 5.97. The second-order valence-electron chi connectivity index (χ2n) is 7.62. The first kappa shape index (κ1) is 18.7. The van der Waals surface area contributed by atoms with Gasteiger partial charge in [0.25, 0.3) is 0 Å². The Hall–Kier alpha value is -2.11. The van der Waals surface area contributed by atoms with Crippen molar-refractivity contribution in [1.82, 2.24) is 24.8 Å². The summed E-state index contributed by atoms with van der Waals surface area (Å²) in [6.45, 7) is 10.7. The third-order valence-corrected chi connectivity index (χ3v) is 5.25. The Morgan fingerprint density at radius 1 is 1.31 bits per heavy atom. The number of hydrogen-bond donors (Lipinski definition) is 1. The molecule has 3 heterocycles.